The van der Waals surface area contributed by atoms with Gasteiger partial charge in [-0.3, -0.25) is 0 Å². The van der Waals surface area contributed by atoms with E-state index in [1.165, 1.54) is 22.3 Å². The molecule has 1 aromatic heterocycles. The second-order valence-electron chi connectivity index (χ2n) is 3.48. The third-order valence-corrected chi connectivity index (χ3v) is 3.41. The van der Waals surface area contributed by atoms with E-state index in [-0.39, 0.29) is 0 Å². The number of aryl methyl sites for hydroxylation is 2. The van der Waals surface area contributed by atoms with Gasteiger partial charge in [0.15, 0.2) is 0 Å². The van der Waals surface area contributed by atoms with E-state index in [9.17, 15) is 0 Å². The van der Waals surface area contributed by atoms with E-state index in [0.717, 1.165) is 6.42 Å². The van der Waals surface area contributed by atoms with Crippen LogP contribution in [0.5, 0.6) is 0 Å². The number of rotatable bonds is 2. The number of benzene rings is 1. The highest BCUT2D eigenvalue weighted by molar-refractivity contribution is 7.08. The average Bonchev–Trinajstić information content (AvgIpc) is 2.64. The SMILES string of the molecule is CCc1ccccc1-c1cscc1C. The van der Waals surface area contributed by atoms with Crippen LogP contribution in [-0.4, -0.2) is 0 Å². The maximum atomic E-state index is 2.24. The van der Waals surface area contributed by atoms with Gasteiger partial charge in [0, 0.05) is 0 Å². The highest BCUT2D eigenvalue weighted by Gasteiger charge is 2.05. The van der Waals surface area contributed by atoms with Gasteiger partial charge in [-0.2, -0.15) is 11.3 Å². The fourth-order valence-corrected chi connectivity index (χ4v) is 2.58. The molecular formula is C13H14S. The predicted molar refractivity (Wildman–Crippen MR) is 63.9 cm³/mol. The monoisotopic (exact) mass is 202 g/mol. The van der Waals surface area contributed by atoms with Gasteiger partial charge in [-0.1, -0.05) is 31.2 Å². The van der Waals surface area contributed by atoms with Crippen molar-refractivity contribution in [2.45, 2.75) is 20.3 Å². The minimum atomic E-state index is 1.10. The van der Waals surface area contributed by atoms with Gasteiger partial charge in [0.25, 0.3) is 0 Å². The van der Waals surface area contributed by atoms with Crippen molar-refractivity contribution < 1.29 is 0 Å². The molecular weight excluding hydrogens is 188 g/mol. The molecule has 0 aliphatic carbocycles. The van der Waals surface area contributed by atoms with Gasteiger partial charge in [0.1, 0.15) is 0 Å². The maximum Gasteiger partial charge on any atom is -0.00119 e. The first-order valence-corrected chi connectivity index (χ1v) is 5.88. The van der Waals surface area contributed by atoms with E-state index < -0.39 is 0 Å². The third-order valence-electron chi connectivity index (χ3n) is 2.54. The maximum absolute atomic E-state index is 2.24. The molecule has 0 spiro atoms. The second-order valence-corrected chi connectivity index (χ2v) is 4.22. The Morgan fingerprint density at radius 3 is 2.50 bits per heavy atom. The Bertz CT molecular complexity index is 426. The van der Waals surface area contributed by atoms with Crippen molar-refractivity contribution in [2.24, 2.45) is 0 Å². The van der Waals surface area contributed by atoms with Gasteiger partial charge in [0.2, 0.25) is 0 Å². The lowest BCUT2D eigenvalue weighted by Gasteiger charge is -2.06. The van der Waals surface area contributed by atoms with E-state index in [1.54, 1.807) is 11.3 Å². The van der Waals surface area contributed by atoms with Gasteiger partial charge in [-0.15, -0.1) is 0 Å². The van der Waals surface area contributed by atoms with Crippen LogP contribution in [0.1, 0.15) is 18.1 Å². The topological polar surface area (TPSA) is 0 Å². The van der Waals surface area contributed by atoms with Crippen molar-refractivity contribution in [3.8, 4) is 11.1 Å². The minimum absolute atomic E-state index is 1.10. The molecule has 0 aliphatic rings. The fourth-order valence-electron chi connectivity index (χ4n) is 1.73. The largest absolute Gasteiger partial charge is 0.151 e. The summed E-state index contributed by atoms with van der Waals surface area (Å²) in [6, 6.07) is 8.66. The Labute approximate surface area is 89.2 Å². The standard InChI is InChI=1S/C13H14S/c1-3-11-6-4-5-7-12(11)13-9-14-8-10(13)2/h4-9H,3H2,1-2H3. The van der Waals surface area contributed by atoms with Crippen LogP contribution in [0.25, 0.3) is 11.1 Å². The lowest BCUT2D eigenvalue weighted by Crippen LogP contribution is -1.86. The first-order chi connectivity index (χ1) is 6.83. The van der Waals surface area contributed by atoms with E-state index >= 15 is 0 Å². The first-order valence-electron chi connectivity index (χ1n) is 4.94. The van der Waals surface area contributed by atoms with Crippen molar-refractivity contribution in [2.75, 3.05) is 0 Å². The quantitative estimate of drug-likeness (QED) is 0.681. The molecule has 0 N–H and O–H groups in total. The molecule has 0 radical (unpaired) electrons. The summed E-state index contributed by atoms with van der Waals surface area (Å²) in [6.45, 7) is 4.39. The van der Waals surface area contributed by atoms with E-state index in [1.807, 2.05) is 0 Å². The van der Waals surface area contributed by atoms with Crippen LogP contribution in [0.4, 0.5) is 0 Å². The van der Waals surface area contributed by atoms with Crippen LogP contribution in [0.15, 0.2) is 35.0 Å². The summed E-state index contributed by atoms with van der Waals surface area (Å²) in [6.07, 6.45) is 1.10. The summed E-state index contributed by atoms with van der Waals surface area (Å²) in [7, 11) is 0. The van der Waals surface area contributed by atoms with Crippen molar-refractivity contribution >= 4 is 11.3 Å². The number of hydrogen-bond acceptors (Lipinski definition) is 1. The molecule has 2 aromatic rings. The Kier molecular flexibility index (Phi) is 2.69. The van der Waals surface area contributed by atoms with Crippen molar-refractivity contribution in [1.82, 2.24) is 0 Å². The Balaban J connectivity index is 2.56. The molecule has 0 fully saturated rings. The Morgan fingerprint density at radius 1 is 1.07 bits per heavy atom. The van der Waals surface area contributed by atoms with Gasteiger partial charge in [-0.05, 0) is 46.4 Å². The van der Waals surface area contributed by atoms with E-state index in [4.69, 9.17) is 0 Å². The van der Waals surface area contributed by atoms with Crippen LogP contribution in [0, 0.1) is 6.92 Å². The zero-order chi connectivity index (χ0) is 9.97. The highest BCUT2D eigenvalue weighted by Crippen LogP contribution is 2.29. The normalized spacial score (nSPS) is 10.4. The molecule has 0 aliphatic heterocycles. The van der Waals surface area contributed by atoms with Gasteiger partial charge >= 0.3 is 0 Å². The molecule has 0 nitrogen and oxygen atoms in total. The summed E-state index contributed by atoms with van der Waals surface area (Å²) < 4.78 is 0. The van der Waals surface area contributed by atoms with Crippen LogP contribution >= 0.6 is 11.3 Å². The average molecular weight is 202 g/mol. The third kappa shape index (κ3) is 1.60. The smallest absolute Gasteiger partial charge is 0.00119 e. The number of thiophene rings is 1. The lowest BCUT2D eigenvalue weighted by atomic mass is 9.98. The van der Waals surface area contributed by atoms with Gasteiger partial charge in [-0.25, -0.2) is 0 Å². The summed E-state index contributed by atoms with van der Waals surface area (Å²) in [5.74, 6) is 0. The molecule has 0 bridgehead atoms. The van der Waals surface area contributed by atoms with Crippen molar-refractivity contribution in [1.29, 1.82) is 0 Å². The summed E-state index contributed by atoms with van der Waals surface area (Å²) in [5, 5.41) is 4.45. The molecule has 0 saturated carbocycles. The molecule has 2 rings (SSSR count). The molecule has 1 heterocycles. The Hall–Kier alpha value is -1.08. The molecule has 1 aromatic carbocycles. The van der Waals surface area contributed by atoms with E-state index in [2.05, 4.69) is 48.9 Å². The van der Waals surface area contributed by atoms with Crippen molar-refractivity contribution in [3.63, 3.8) is 0 Å². The zero-order valence-electron chi connectivity index (χ0n) is 8.58. The molecule has 0 atom stereocenters. The van der Waals surface area contributed by atoms with Gasteiger partial charge < -0.3 is 0 Å². The predicted octanol–water partition coefficient (Wildman–Crippen LogP) is 4.29. The molecule has 1 heteroatoms. The molecule has 14 heavy (non-hydrogen) atoms. The summed E-state index contributed by atoms with van der Waals surface area (Å²) in [4.78, 5) is 0. The second kappa shape index (κ2) is 3.97. The van der Waals surface area contributed by atoms with Crippen LogP contribution < -0.4 is 0 Å². The molecule has 0 saturated heterocycles. The summed E-state index contributed by atoms with van der Waals surface area (Å²) in [5.41, 5.74) is 5.62. The zero-order valence-corrected chi connectivity index (χ0v) is 9.40. The van der Waals surface area contributed by atoms with Crippen LogP contribution in [0.2, 0.25) is 0 Å². The van der Waals surface area contributed by atoms with Crippen molar-refractivity contribution in [3.05, 3.63) is 46.2 Å². The molecule has 72 valence electrons. The van der Waals surface area contributed by atoms with Gasteiger partial charge in [0.05, 0.1) is 0 Å². The fraction of sp³-hybridized carbons (Fsp3) is 0.231. The molecule has 0 amide bonds. The minimum Gasteiger partial charge on any atom is -0.151 e. The molecule has 0 unspecified atom stereocenters. The number of hydrogen-bond donors (Lipinski definition) is 0. The van der Waals surface area contributed by atoms with Crippen LogP contribution in [0.3, 0.4) is 0 Å². The lowest BCUT2D eigenvalue weighted by molar-refractivity contribution is 1.14. The first kappa shape index (κ1) is 9.47. The highest BCUT2D eigenvalue weighted by atomic mass is 32.1. The summed E-state index contributed by atoms with van der Waals surface area (Å²) >= 11 is 1.78. The van der Waals surface area contributed by atoms with E-state index in [0.29, 0.717) is 0 Å². The van der Waals surface area contributed by atoms with Crippen LogP contribution in [-0.2, 0) is 6.42 Å². The Morgan fingerprint density at radius 2 is 1.86 bits per heavy atom.